The van der Waals surface area contributed by atoms with Crippen LogP contribution >= 0.6 is 0 Å². The Morgan fingerprint density at radius 1 is 1.36 bits per heavy atom. The fraction of sp³-hybridized carbons (Fsp3) is 0.438. The molecule has 1 heterocycles. The molecule has 6 heteroatoms. The summed E-state index contributed by atoms with van der Waals surface area (Å²) in [5.74, 6) is -1.03. The predicted octanol–water partition coefficient (Wildman–Crippen LogP) is 1.81. The van der Waals surface area contributed by atoms with E-state index in [9.17, 15) is 9.18 Å². The van der Waals surface area contributed by atoms with Gasteiger partial charge in [0.15, 0.2) is 5.76 Å². The van der Waals surface area contributed by atoms with Gasteiger partial charge in [-0.25, -0.2) is 4.39 Å². The molecule has 0 aliphatic carbocycles. The van der Waals surface area contributed by atoms with Crippen molar-refractivity contribution in [3.8, 4) is 0 Å². The number of rotatable bonds is 7. The monoisotopic (exact) mass is 309 g/mol. The van der Waals surface area contributed by atoms with E-state index in [1.807, 2.05) is 0 Å². The maximum atomic E-state index is 13.0. The Balaban J connectivity index is 2.06. The van der Waals surface area contributed by atoms with Crippen LogP contribution in [0.15, 0.2) is 36.1 Å². The fourth-order valence-corrected chi connectivity index (χ4v) is 2.30. The van der Waals surface area contributed by atoms with Crippen LogP contribution in [0.2, 0.25) is 0 Å². The molecule has 1 aromatic carbocycles. The first-order valence-electron chi connectivity index (χ1n) is 7.26. The number of nitrogens with two attached hydrogens (primary N) is 1. The number of ether oxygens (including phenoxy) is 2. The van der Waals surface area contributed by atoms with E-state index in [0.29, 0.717) is 25.9 Å². The Bertz CT molecular complexity index is 529. The quantitative estimate of drug-likeness (QED) is 0.753. The molecule has 22 heavy (non-hydrogen) atoms. The minimum atomic E-state index is -0.657. The fourth-order valence-electron chi connectivity index (χ4n) is 2.30. The highest BCUT2D eigenvalue weighted by atomic mass is 19.1. The molecule has 0 spiro atoms. The normalized spacial score (nSPS) is 21.1. The first kappa shape index (κ1) is 16.5. The molecule has 0 saturated heterocycles. The number of hydrogen-bond donors (Lipinski definition) is 2. The molecule has 1 amide bonds. The van der Waals surface area contributed by atoms with E-state index in [0.717, 1.165) is 5.56 Å². The van der Waals surface area contributed by atoms with Crippen LogP contribution in [0, 0.1) is 5.82 Å². The second kappa shape index (κ2) is 7.91. The van der Waals surface area contributed by atoms with Crippen LogP contribution in [-0.2, 0) is 14.3 Å². The summed E-state index contributed by atoms with van der Waals surface area (Å²) in [6.45, 7) is 0.535. The number of amides is 1. The summed E-state index contributed by atoms with van der Waals surface area (Å²) in [5.41, 5.74) is 6.16. The van der Waals surface area contributed by atoms with E-state index >= 15 is 0 Å². The number of benzene rings is 1. The molecule has 0 fully saturated rings. The lowest BCUT2D eigenvalue weighted by Crippen LogP contribution is -2.29. The van der Waals surface area contributed by atoms with E-state index < -0.39 is 12.2 Å². The van der Waals surface area contributed by atoms with Gasteiger partial charge in [0.25, 0.3) is 5.91 Å². The summed E-state index contributed by atoms with van der Waals surface area (Å²) in [6.07, 6.45) is 2.92. The van der Waals surface area contributed by atoms with Gasteiger partial charge in [-0.15, -0.1) is 0 Å². The Morgan fingerprint density at radius 2 is 2.09 bits per heavy atom. The molecule has 5 nitrogen and oxygen atoms in total. The van der Waals surface area contributed by atoms with Crippen LogP contribution in [-0.4, -0.2) is 30.5 Å². The van der Waals surface area contributed by atoms with Gasteiger partial charge in [-0.05, 0) is 36.6 Å². The number of carbonyl (C=O) groups excluding carboxylic acids is 1. The summed E-state index contributed by atoms with van der Waals surface area (Å²) in [5, 5.41) is 8.74. The highest BCUT2D eigenvalue weighted by Crippen LogP contribution is 2.31. The molecule has 120 valence electrons. The van der Waals surface area contributed by atoms with E-state index in [2.05, 4.69) is 0 Å². The highest BCUT2D eigenvalue weighted by Gasteiger charge is 2.27. The van der Waals surface area contributed by atoms with Crippen LogP contribution in [0.5, 0.6) is 0 Å². The van der Waals surface area contributed by atoms with Crippen molar-refractivity contribution in [3.63, 3.8) is 0 Å². The molecule has 2 atom stereocenters. The largest absolute Gasteiger partial charge is 0.459 e. The SMILES string of the molecule is NC(=O)C1=C[C@@H](c2ccc(F)cc2)C[C@@H](OCCCCO)O1. The average molecular weight is 309 g/mol. The lowest BCUT2D eigenvalue weighted by Gasteiger charge is -2.28. The smallest absolute Gasteiger partial charge is 0.283 e. The van der Waals surface area contributed by atoms with Gasteiger partial charge in [-0.2, -0.15) is 0 Å². The van der Waals surface area contributed by atoms with Gasteiger partial charge in [0.1, 0.15) is 5.82 Å². The summed E-state index contributed by atoms with van der Waals surface area (Å²) in [6, 6.07) is 6.09. The standard InChI is InChI=1S/C16H20FNO4/c17-13-5-3-11(4-6-13)12-9-14(16(18)20)22-15(10-12)21-8-2-1-7-19/h3-6,9,12,15,19H,1-2,7-8,10H2,(H2,18,20)/t12-,15+/m1/s1. The Hall–Kier alpha value is -1.92. The van der Waals surface area contributed by atoms with E-state index in [1.54, 1.807) is 18.2 Å². The zero-order valence-electron chi connectivity index (χ0n) is 12.2. The molecule has 1 aromatic rings. The Morgan fingerprint density at radius 3 is 2.73 bits per heavy atom. The van der Waals surface area contributed by atoms with Crippen LogP contribution in [0.25, 0.3) is 0 Å². The van der Waals surface area contributed by atoms with E-state index in [-0.39, 0.29) is 24.1 Å². The van der Waals surface area contributed by atoms with Gasteiger partial charge >= 0.3 is 0 Å². The number of unbranched alkanes of at least 4 members (excludes halogenated alkanes) is 1. The van der Waals surface area contributed by atoms with Gasteiger partial charge in [0.2, 0.25) is 6.29 Å². The molecule has 0 aromatic heterocycles. The van der Waals surface area contributed by atoms with Crippen LogP contribution in [0.1, 0.15) is 30.7 Å². The molecule has 2 rings (SSSR count). The van der Waals surface area contributed by atoms with Gasteiger partial charge in [-0.3, -0.25) is 4.79 Å². The molecule has 0 unspecified atom stereocenters. The molecule has 0 bridgehead atoms. The topological polar surface area (TPSA) is 81.8 Å². The Kier molecular flexibility index (Phi) is 5.91. The van der Waals surface area contributed by atoms with Crippen molar-refractivity contribution in [2.75, 3.05) is 13.2 Å². The van der Waals surface area contributed by atoms with Gasteiger partial charge in [-0.1, -0.05) is 12.1 Å². The zero-order valence-corrected chi connectivity index (χ0v) is 12.2. The third-order valence-electron chi connectivity index (χ3n) is 3.45. The summed E-state index contributed by atoms with van der Waals surface area (Å²) >= 11 is 0. The molecular weight excluding hydrogens is 289 g/mol. The highest BCUT2D eigenvalue weighted by molar-refractivity contribution is 5.90. The summed E-state index contributed by atoms with van der Waals surface area (Å²) in [7, 11) is 0. The first-order chi connectivity index (χ1) is 10.6. The van der Waals surface area contributed by atoms with E-state index in [1.165, 1.54) is 12.1 Å². The number of allylic oxidation sites excluding steroid dienone is 1. The first-order valence-corrected chi connectivity index (χ1v) is 7.26. The van der Waals surface area contributed by atoms with Crippen molar-refractivity contribution in [1.82, 2.24) is 0 Å². The minimum Gasteiger partial charge on any atom is -0.459 e. The maximum Gasteiger partial charge on any atom is 0.283 e. The second-order valence-electron chi connectivity index (χ2n) is 5.14. The molecule has 0 radical (unpaired) electrons. The minimum absolute atomic E-state index is 0.0627. The second-order valence-corrected chi connectivity index (χ2v) is 5.14. The van der Waals surface area contributed by atoms with Crippen LogP contribution in [0.3, 0.4) is 0 Å². The number of halogens is 1. The van der Waals surface area contributed by atoms with Crippen molar-refractivity contribution >= 4 is 5.91 Å². The van der Waals surface area contributed by atoms with Crippen LogP contribution in [0.4, 0.5) is 4.39 Å². The maximum absolute atomic E-state index is 13.0. The van der Waals surface area contributed by atoms with Crippen molar-refractivity contribution in [3.05, 3.63) is 47.5 Å². The van der Waals surface area contributed by atoms with Crippen LogP contribution < -0.4 is 5.73 Å². The third-order valence-corrected chi connectivity index (χ3v) is 3.45. The van der Waals surface area contributed by atoms with Crippen molar-refractivity contribution in [2.45, 2.75) is 31.5 Å². The van der Waals surface area contributed by atoms with Crippen molar-refractivity contribution in [2.24, 2.45) is 5.73 Å². The third kappa shape index (κ3) is 4.54. The predicted molar refractivity (Wildman–Crippen MR) is 78.2 cm³/mol. The lowest BCUT2D eigenvalue weighted by molar-refractivity contribution is -0.144. The molecular formula is C16H20FNO4. The zero-order chi connectivity index (χ0) is 15.9. The number of aliphatic hydroxyl groups excluding tert-OH is 1. The van der Waals surface area contributed by atoms with Crippen molar-refractivity contribution in [1.29, 1.82) is 0 Å². The van der Waals surface area contributed by atoms with Gasteiger partial charge in [0.05, 0.1) is 6.61 Å². The van der Waals surface area contributed by atoms with E-state index in [4.69, 9.17) is 20.3 Å². The number of hydrogen-bond acceptors (Lipinski definition) is 4. The average Bonchev–Trinajstić information content (AvgIpc) is 2.52. The molecule has 1 aliphatic rings. The summed E-state index contributed by atoms with van der Waals surface area (Å²) in [4.78, 5) is 11.4. The van der Waals surface area contributed by atoms with Gasteiger partial charge < -0.3 is 20.3 Å². The number of primary amides is 1. The lowest BCUT2D eigenvalue weighted by atomic mass is 9.93. The molecule has 0 saturated carbocycles. The number of carbonyl (C=O) groups is 1. The number of aliphatic hydroxyl groups is 1. The Labute approximate surface area is 128 Å². The molecule has 1 aliphatic heterocycles. The summed E-state index contributed by atoms with van der Waals surface area (Å²) < 4.78 is 24.0. The van der Waals surface area contributed by atoms with Crippen molar-refractivity contribution < 1.29 is 23.8 Å². The molecule has 3 N–H and O–H groups in total. The van der Waals surface area contributed by atoms with Gasteiger partial charge in [0, 0.05) is 18.9 Å².